The molecule has 3 aliphatic rings. The molecular weight excluding hydrogens is 296 g/mol. The lowest BCUT2D eigenvalue weighted by Crippen LogP contribution is -2.45. The van der Waals surface area contributed by atoms with Gasteiger partial charge in [0.15, 0.2) is 0 Å². The maximum atomic E-state index is 6.00. The third-order valence-corrected chi connectivity index (χ3v) is 6.23. The number of hydrogen-bond acceptors (Lipinski definition) is 5. The number of ether oxygens (including phenoxy) is 2. The Morgan fingerprint density at radius 3 is 3.05 bits per heavy atom. The molecule has 0 bridgehead atoms. The van der Waals surface area contributed by atoms with E-state index in [1.165, 1.54) is 37.4 Å². The van der Waals surface area contributed by atoms with Crippen molar-refractivity contribution in [1.82, 2.24) is 9.80 Å². The first-order chi connectivity index (χ1) is 10.8. The van der Waals surface area contributed by atoms with Crippen molar-refractivity contribution in [3.63, 3.8) is 0 Å². The number of likely N-dealkylation sites (tertiary alicyclic amines) is 1. The quantitative estimate of drug-likeness (QED) is 0.850. The first-order valence-corrected chi connectivity index (χ1v) is 9.35. The number of rotatable bonds is 3. The van der Waals surface area contributed by atoms with Crippen LogP contribution in [-0.4, -0.2) is 68.4 Å². The van der Waals surface area contributed by atoms with Crippen LogP contribution in [0.4, 0.5) is 0 Å². The fourth-order valence-corrected chi connectivity index (χ4v) is 4.93. The van der Waals surface area contributed by atoms with Crippen LogP contribution in [0.15, 0.2) is 17.5 Å². The summed E-state index contributed by atoms with van der Waals surface area (Å²) >= 11 is 1.87. The molecule has 0 saturated carbocycles. The van der Waals surface area contributed by atoms with Gasteiger partial charge in [0.2, 0.25) is 0 Å². The van der Waals surface area contributed by atoms with Crippen LogP contribution >= 0.6 is 11.3 Å². The standard InChI is InChI=1S/C17H26N2O2S/c1-2-16(22-9-1)10-18-5-4-17(12-18)13-19(6-8-21-14-17)15-3-7-20-11-15/h1-2,9,15H,3-8,10-14H2/t15-,17-/m1/s1. The van der Waals surface area contributed by atoms with Crippen molar-refractivity contribution in [2.75, 3.05) is 52.6 Å². The molecule has 2 atom stereocenters. The highest BCUT2D eigenvalue weighted by molar-refractivity contribution is 7.09. The fourth-order valence-electron chi connectivity index (χ4n) is 4.18. The summed E-state index contributed by atoms with van der Waals surface area (Å²) in [6.45, 7) is 9.38. The molecule has 4 nitrogen and oxygen atoms in total. The second kappa shape index (κ2) is 6.57. The summed E-state index contributed by atoms with van der Waals surface area (Å²) in [6, 6.07) is 5.02. The fraction of sp³-hybridized carbons (Fsp3) is 0.765. The average molecular weight is 322 g/mol. The molecule has 0 amide bonds. The predicted octanol–water partition coefficient (Wildman–Crippen LogP) is 2.06. The van der Waals surface area contributed by atoms with Crippen LogP contribution in [0.2, 0.25) is 0 Å². The van der Waals surface area contributed by atoms with E-state index in [2.05, 4.69) is 27.3 Å². The minimum atomic E-state index is 0.330. The van der Waals surface area contributed by atoms with Gasteiger partial charge in [-0.15, -0.1) is 11.3 Å². The predicted molar refractivity (Wildman–Crippen MR) is 88.3 cm³/mol. The zero-order chi connectivity index (χ0) is 14.8. The molecule has 1 spiro atoms. The molecule has 0 aromatic carbocycles. The van der Waals surface area contributed by atoms with Gasteiger partial charge >= 0.3 is 0 Å². The molecule has 3 saturated heterocycles. The van der Waals surface area contributed by atoms with Crippen molar-refractivity contribution >= 4 is 11.3 Å². The molecular formula is C17H26N2O2S. The van der Waals surface area contributed by atoms with Crippen LogP contribution in [0.25, 0.3) is 0 Å². The van der Waals surface area contributed by atoms with Crippen molar-refractivity contribution in [2.24, 2.45) is 5.41 Å². The zero-order valence-corrected chi connectivity index (χ0v) is 14.0. The first kappa shape index (κ1) is 15.1. The van der Waals surface area contributed by atoms with Gasteiger partial charge in [-0.3, -0.25) is 9.80 Å². The van der Waals surface area contributed by atoms with Crippen LogP contribution in [0, 0.1) is 5.41 Å². The van der Waals surface area contributed by atoms with E-state index in [0.29, 0.717) is 11.5 Å². The van der Waals surface area contributed by atoms with Gasteiger partial charge in [-0.05, 0) is 30.8 Å². The van der Waals surface area contributed by atoms with Crippen LogP contribution < -0.4 is 0 Å². The van der Waals surface area contributed by atoms with Gasteiger partial charge in [0.25, 0.3) is 0 Å². The number of nitrogens with zero attached hydrogens (tertiary/aromatic N) is 2. The molecule has 4 heterocycles. The Morgan fingerprint density at radius 2 is 2.23 bits per heavy atom. The minimum Gasteiger partial charge on any atom is -0.380 e. The van der Waals surface area contributed by atoms with Crippen molar-refractivity contribution in [2.45, 2.75) is 25.4 Å². The normalized spacial score (nSPS) is 34.5. The molecule has 122 valence electrons. The summed E-state index contributed by atoms with van der Waals surface area (Å²) in [5.74, 6) is 0. The summed E-state index contributed by atoms with van der Waals surface area (Å²) in [4.78, 5) is 6.74. The Bertz CT molecular complexity index is 475. The van der Waals surface area contributed by atoms with E-state index < -0.39 is 0 Å². The Labute approximate surface area is 137 Å². The van der Waals surface area contributed by atoms with Crippen molar-refractivity contribution in [3.05, 3.63) is 22.4 Å². The molecule has 0 radical (unpaired) electrons. The summed E-state index contributed by atoms with van der Waals surface area (Å²) < 4.78 is 11.6. The molecule has 5 heteroatoms. The van der Waals surface area contributed by atoms with Gasteiger partial charge in [-0.25, -0.2) is 0 Å². The van der Waals surface area contributed by atoms with Crippen LogP contribution in [0.3, 0.4) is 0 Å². The van der Waals surface area contributed by atoms with Gasteiger partial charge in [-0.1, -0.05) is 6.07 Å². The molecule has 1 aromatic rings. The molecule has 0 unspecified atom stereocenters. The highest BCUT2D eigenvalue weighted by Crippen LogP contribution is 2.35. The third kappa shape index (κ3) is 3.24. The zero-order valence-electron chi connectivity index (χ0n) is 13.2. The van der Waals surface area contributed by atoms with Crippen LogP contribution in [0.5, 0.6) is 0 Å². The van der Waals surface area contributed by atoms with E-state index in [1.54, 1.807) is 0 Å². The number of thiophene rings is 1. The van der Waals surface area contributed by atoms with E-state index in [-0.39, 0.29) is 0 Å². The maximum absolute atomic E-state index is 6.00. The highest BCUT2D eigenvalue weighted by atomic mass is 32.1. The molecule has 1 aromatic heterocycles. The lowest BCUT2D eigenvalue weighted by Gasteiger charge is -2.34. The molecule has 3 aliphatic heterocycles. The lowest BCUT2D eigenvalue weighted by molar-refractivity contribution is 0.0685. The number of hydrogen-bond donors (Lipinski definition) is 0. The highest BCUT2D eigenvalue weighted by Gasteiger charge is 2.42. The van der Waals surface area contributed by atoms with Gasteiger partial charge < -0.3 is 9.47 Å². The van der Waals surface area contributed by atoms with Gasteiger partial charge in [0.1, 0.15) is 0 Å². The van der Waals surface area contributed by atoms with Crippen molar-refractivity contribution in [1.29, 1.82) is 0 Å². The second-order valence-corrected chi connectivity index (χ2v) is 8.11. The summed E-state index contributed by atoms with van der Waals surface area (Å²) in [7, 11) is 0. The van der Waals surface area contributed by atoms with E-state index in [1.807, 2.05) is 11.3 Å². The second-order valence-electron chi connectivity index (χ2n) is 7.08. The Kier molecular flexibility index (Phi) is 4.51. The van der Waals surface area contributed by atoms with Gasteiger partial charge in [-0.2, -0.15) is 0 Å². The largest absolute Gasteiger partial charge is 0.380 e. The molecule has 0 aliphatic carbocycles. The Balaban J connectivity index is 1.41. The molecule has 22 heavy (non-hydrogen) atoms. The van der Waals surface area contributed by atoms with Crippen molar-refractivity contribution in [3.8, 4) is 0 Å². The van der Waals surface area contributed by atoms with E-state index in [9.17, 15) is 0 Å². The van der Waals surface area contributed by atoms with Crippen LogP contribution in [-0.2, 0) is 16.0 Å². The summed E-state index contributed by atoms with van der Waals surface area (Å²) in [6.07, 6.45) is 2.46. The Morgan fingerprint density at radius 1 is 1.23 bits per heavy atom. The summed E-state index contributed by atoms with van der Waals surface area (Å²) in [5.41, 5.74) is 0.330. The molecule has 0 N–H and O–H groups in total. The smallest absolute Gasteiger partial charge is 0.0622 e. The van der Waals surface area contributed by atoms with E-state index >= 15 is 0 Å². The lowest BCUT2D eigenvalue weighted by atomic mass is 9.87. The van der Waals surface area contributed by atoms with Crippen molar-refractivity contribution < 1.29 is 9.47 Å². The Hall–Kier alpha value is -0.460. The van der Waals surface area contributed by atoms with Gasteiger partial charge in [0.05, 0.1) is 19.8 Å². The topological polar surface area (TPSA) is 24.9 Å². The monoisotopic (exact) mass is 322 g/mol. The SMILES string of the molecule is c1csc(CN2CC[C@@]3(COCCN([C@@H]4CCOC4)C3)C2)c1. The van der Waals surface area contributed by atoms with Crippen LogP contribution in [0.1, 0.15) is 17.7 Å². The molecule has 3 fully saturated rings. The average Bonchev–Trinajstić information content (AvgIpc) is 3.23. The molecule has 4 rings (SSSR count). The van der Waals surface area contributed by atoms with E-state index in [0.717, 1.165) is 39.5 Å². The maximum Gasteiger partial charge on any atom is 0.0622 e. The van der Waals surface area contributed by atoms with E-state index in [4.69, 9.17) is 9.47 Å². The first-order valence-electron chi connectivity index (χ1n) is 8.47. The van der Waals surface area contributed by atoms with Gasteiger partial charge in [0, 0.05) is 49.1 Å². The minimum absolute atomic E-state index is 0.330. The third-order valence-electron chi connectivity index (χ3n) is 5.37. The summed E-state index contributed by atoms with van der Waals surface area (Å²) in [5, 5.41) is 2.18.